The van der Waals surface area contributed by atoms with Crippen LogP contribution in [-0.4, -0.2) is 23.8 Å². The van der Waals surface area contributed by atoms with Gasteiger partial charge in [-0.15, -0.1) is 0 Å². The summed E-state index contributed by atoms with van der Waals surface area (Å²) in [5.41, 5.74) is 0.686. The number of hydrogen-bond donors (Lipinski definition) is 2. The van der Waals surface area contributed by atoms with Gasteiger partial charge >= 0.3 is 0 Å². The molecular weight excluding hydrogens is 514 g/mol. The number of benzene rings is 3. The van der Waals surface area contributed by atoms with Gasteiger partial charge in [-0.1, -0.05) is 39.7 Å². The first-order chi connectivity index (χ1) is 15.8. The van der Waals surface area contributed by atoms with E-state index >= 15 is 0 Å². The molecule has 0 aliphatic rings. The molecule has 10 heteroatoms. The summed E-state index contributed by atoms with van der Waals surface area (Å²) in [5, 5.41) is 16.5. The lowest BCUT2D eigenvalue weighted by atomic mass is 10.1. The van der Waals surface area contributed by atoms with E-state index in [1.807, 2.05) is 0 Å². The minimum atomic E-state index is -0.634. The largest absolute Gasteiger partial charge is 0.497 e. The molecule has 0 heterocycles. The fourth-order valence-corrected chi connectivity index (χ4v) is 3.30. The highest BCUT2D eigenvalue weighted by atomic mass is 79.9. The number of carbonyl (C=O) groups is 2. The molecule has 168 valence electrons. The fraction of sp³-hybridized carbons (Fsp3) is 0.0435. The second-order valence-electron chi connectivity index (χ2n) is 6.67. The molecular formula is C23H17BrClN3O5. The van der Waals surface area contributed by atoms with Gasteiger partial charge in [-0.3, -0.25) is 19.7 Å². The number of carbonyl (C=O) groups excluding carboxylic acids is 2. The van der Waals surface area contributed by atoms with Crippen molar-refractivity contribution >= 4 is 56.8 Å². The summed E-state index contributed by atoms with van der Waals surface area (Å²) in [5.74, 6) is -0.788. The quantitative estimate of drug-likeness (QED) is 0.240. The van der Waals surface area contributed by atoms with Crippen molar-refractivity contribution in [1.29, 1.82) is 0 Å². The Bertz CT molecular complexity index is 1250. The standard InChI is InChI=1S/C23H17BrClN3O5/c1-33-18-9-10-19(20(25)13-18)22(29)27-21(12-14-3-2-4-17(11-14)28(31)32)23(30)26-16-7-5-15(24)6-8-16/h2-13H,1H3,(H,26,30)(H,27,29)/b21-12+. The molecule has 2 N–H and O–H groups in total. The number of nitro groups is 1. The number of amides is 2. The number of rotatable bonds is 7. The van der Waals surface area contributed by atoms with Gasteiger partial charge in [0.1, 0.15) is 11.4 Å². The SMILES string of the molecule is COc1ccc(C(=O)N/C(=C/c2cccc([N+](=O)[O-])c2)C(=O)Nc2ccc(Br)cc2)c(Cl)c1. The Labute approximate surface area is 202 Å². The molecule has 3 rings (SSSR count). The molecule has 8 nitrogen and oxygen atoms in total. The average Bonchev–Trinajstić information content (AvgIpc) is 2.80. The Morgan fingerprint density at radius 2 is 1.82 bits per heavy atom. The highest BCUT2D eigenvalue weighted by molar-refractivity contribution is 9.10. The van der Waals surface area contributed by atoms with Crippen molar-refractivity contribution in [2.75, 3.05) is 12.4 Å². The molecule has 0 aliphatic heterocycles. The van der Waals surface area contributed by atoms with Crippen LogP contribution in [0.5, 0.6) is 5.75 Å². The van der Waals surface area contributed by atoms with Crippen molar-refractivity contribution in [3.8, 4) is 5.75 Å². The van der Waals surface area contributed by atoms with E-state index in [2.05, 4.69) is 26.6 Å². The normalized spacial score (nSPS) is 10.9. The van der Waals surface area contributed by atoms with Crippen LogP contribution in [0.2, 0.25) is 5.02 Å². The van der Waals surface area contributed by atoms with Gasteiger partial charge in [0.25, 0.3) is 17.5 Å². The molecule has 0 fully saturated rings. The summed E-state index contributed by atoms with van der Waals surface area (Å²) in [7, 11) is 1.47. The zero-order valence-corrected chi connectivity index (χ0v) is 19.5. The molecule has 3 aromatic carbocycles. The predicted molar refractivity (Wildman–Crippen MR) is 129 cm³/mol. The van der Waals surface area contributed by atoms with E-state index in [1.54, 1.807) is 36.4 Å². The number of methoxy groups -OCH3 is 1. The van der Waals surface area contributed by atoms with Crippen LogP contribution in [0.25, 0.3) is 6.08 Å². The van der Waals surface area contributed by atoms with E-state index in [9.17, 15) is 19.7 Å². The molecule has 0 saturated heterocycles. The van der Waals surface area contributed by atoms with E-state index in [4.69, 9.17) is 16.3 Å². The van der Waals surface area contributed by atoms with E-state index in [-0.39, 0.29) is 22.0 Å². The highest BCUT2D eigenvalue weighted by Gasteiger charge is 2.18. The van der Waals surface area contributed by atoms with Crippen LogP contribution in [0.15, 0.2) is 76.9 Å². The van der Waals surface area contributed by atoms with Crippen LogP contribution in [0.3, 0.4) is 0 Å². The van der Waals surface area contributed by atoms with Gasteiger partial charge in [0.15, 0.2) is 0 Å². The molecule has 0 aliphatic carbocycles. The Morgan fingerprint density at radius 1 is 1.09 bits per heavy atom. The minimum absolute atomic E-state index is 0.124. The predicted octanol–water partition coefficient (Wildman–Crippen LogP) is 5.43. The van der Waals surface area contributed by atoms with Crippen molar-refractivity contribution in [2.45, 2.75) is 0 Å². The topological polar surface area (TPSA) is 111 Å². The lowest BCUT2D eigenvalue weighted by molar-refractivity contribution is -0.384. The highest BCUT2D eigenvalue weighted by Crippen LogP contribution is 2.23. The maximum atomic E-state index is 13.0. The molecule has 0 aromatic heterocycles. The Balaban J connectivity index is 1.94. The third kappa shape index (κ3) is 6.41. The first-order valence-electron chi connectivity index (χ1n) is 9.45. The van der Waals surface area contributed by atoms with Gasteiger partial charge in [-0.2, -0.15) is 0 Å². The fourth-order valence-electron chi connectivity index (χ4n) is 2.78. The summed E-state index contributed by atoms with van der Waals surface area (Å²) < 4.78 is 5.91. The zero-order chi connectivity index (χ0) is 24.0. The number of nitrogens with zero attached hydrogens (tertiary/aromatic N) is 1. The monoisotopic (exact) mass is 529 g/mol. The summed E-state index contributed by atoms with van der Waals surface area (Å²) in [4.78, 5) is 36.4. The van der Waals surface area contributed by atoms with E-state index in [0.717, 1.165) is 4.47 Å². The van der Waals surface area contributed by atoms with Gasteiger partial charge < -0.3 is 15.4 Å². The number of non-ortho nitro benzene ring substituents is 1. The van der Waals surface area contributed by atoms with Gasteiger partial charge in [0.2, 0.25) is 0 Å². The van der Waals surface area contributed by atoms with Crippen LogP contribution < -0.4 is 15.4 Å². The summed E-state index contributed by atoms with van der Waals surface area (Å²) in [6.07, 6.45) is 1.34. The van der Waals surface area contributed by atoms with Crippen molar-refractivity contribution in [3.63, 3.8) is 0 Å². The number of nitrogens with one attached hydrogen (secondary N) is 2. The molecule has 0 unspecified atom stereocenters. The van der Waals surface area contributed by atoms with Crippen molar-refractivity contribution in [3.05, 3.63) is 103 Å². The van der Waals surface area contributed by atoms with Crippen molar-refractivity contribution < 1.29 is 19.2 Å². The maximum absolute atomic E-state index is 13.0. The number of hydrogen-bond acceptors (Lipinski definition) is 5. The second-order valence-corrected chi connectivity index (χ2v) is 7.99. The molecule has 0 saturated carbocycles. The lowest BCUT2D eigenvalue weighted by Crippen LogP contribution is -2.31. The number of nitro benzene ring substituents is 1. The van der Waals surface area contributed by atoms with Gasteiger partial charge in [-0.05, 0) is 54.1 Å². The molecule has 2 amide bonds. The lowest BCUT2D eigenvalue weighted by Gasteiger charge is -2.12. The Kier molecular flexibility index (Phi) is 7.81. The molecule has 0 atom stereocenters. The number of halogens is 2. The van der Waals surface area contributed by atoms with Crippen LogP contribution >= 0.6 is 27.5 Å². The number of anilines is 1. The smallest absolute Gasteiger partial charge is 0.272 e. The Hall–Kier alpha value is -3.69. The van der Waals surface area contributed by atoms with Crippen LogP contribution in [-0.2, 0) is 4.79 Å². The summed E-state index contributed by atoms with van der Waals surface area (Å²) in [6.45, 7) is 0. The molecule has 0 spiro atoms. The van der Waals surface area contributed by atoms with E-state index < -0.39 is 16.7 Å². The summed E-state index contributed by atoms with van der Waals surface area (Å²) >= 11 is 9.51. The van der Waals surface area contributed by atoms with Crippen LogP contribution in [0.1, 0.15) is 15.9 Å². The third-order valence-corrected chi connectivity index (χ3v) is 5.25. The van der Waals surface area contributed by atoms with Crippen molar-refractivity contribution in [1.82, 2.24) is 5.32 Å². The molecule has 3 aromatic rings. The first kappa shape index (κ1) is 24.0. The first-order valence-corrected chi connectivity index (χ1v) is 10.6. The molecule has 0 bridgehead atoms. The number of ether oxygens (including phenoxy) is 1. The molecule has 0 radical (unpaired) electrons. The van der Waals surface area contributed by atoms with Gasteiger partial charge in [-0.25, -0.2) is 0 Å². The third-order valence-electron chi connectivity index (χ3n) is 4.41. The Morgan fingerprint density at radius 3 is 2.45 bits per heavy atom. The average molecular weight is 531 g/mol. The van der Waals surface area contributed by atoms with Crippen molar-refractivity contribution in [2.24, 2.45) is 0 Å². The minimum Gasteiger partial charge on any atom is -0.497 e. The van der Waals surface area contributed by atoms with Crippen LogP contribution in [0, 0.1) is 10.1 Å². The summed E-state index contributed by atoms with van der Waals surface area (Å²) in [6, 6.07) is 17.0. The van der Waals surface area contributed by atoms with Gasteiger partial charge in [0, 0.05) is 22.3 Å². The van der Waals surface area contributed by atoms with E-state index in [0.29, 0.717) is 17.0 Å². The van der Waals surface area contributed by atoms with E-state index in [1.165, 1.54) is 43.5 Å². The maximum Gasteiger partial charge on any atom is 0.272 e. The van der Waals surface area contributed by atoms with Gasteiger partial charge in [0.05, 0.1) is 22.6 Å². The van der Waals surface area contributed by atoms with Crippen LogP contribution in [0.4, 0.5) is 11.4 Å². The zero-order valence-electron chi connectivity index (χ0n) is 17.2. The second kappa shape index (κ2) is 10.8. The molecule has 33 heavy (non-hydrogen) atoms.